The number of hydrogen-bond donors (Lipinski definition) is 1. The Balaban J connectivity index is 2.39. The van der Waals surface area contributed by atoms with E-state index in [0.717, 1.165) is 32.4 Å². The van der Waals surface area contributed by atoms with Crippen LogP contribution in [0.5, 0.6) is 0 Å². The predicted molar refractivity (Wildman–Crippen MR) is 80.4 cm³/mol. The molecule has 20 heavy (non-hydrogen) atoms. The summed E-state index contributed by atoms with van der Waals surface area (Å²) in [5.74, 6) is -0.0827. The van der Waals surface area contributed by atoms with Gasteiger partial charge in [-0.25, -0.2) is 0 Å². The molecule has 5 nitrogen and oxygen atoms in total. The van der Waals surface area contributed by atoms with Crippen LogP contribution in [0.3, 0.4) is 0 Å². The smallest absolute Gasteiger partial charge is 0.238 e. The average Bonchev–Trinajstić information content (AvgIpc) is 3.21. The van der Waals surface area contributed by atoms with Crippen LogP contribution in [0.4, 0.5) is 0 Å². The van der Waals surface area contributed by atoms with E-state index in [2.05, 4.69) is 17.1 Å². The van der Waals surface area contributed by atoms with Crippen LogP contribution in [0, 0.1) is 5.41 Å². The lowest BCUT2D eigenvalue weighted by atomic mass is 10.0. The second-order valence-electron chi connectivity index (χ2n) is 6.08. The monoisotopic (exact) mass is 283 g/mol. The van der Waals surface area contributed by atoms with Gasteiger partial charge in [0.2, 0.25) is 11.8 Å². The first-order valence-corrected chi connectivity index (χ1v) is 7.62. The molecule has 0 aromatic carbocycles. The van der Waals surface area contributed by atoms with Crippen molar-refractivity contribution in [3.05, 3.63) is 0 Å². The van der Waals surface area contributed by atoms with Crippen molar-refractivity contribution in [2.45, 2.75) is 39.0 Å². The number of amides is 2. The van der Waals surface area contributed by atoms with Crippen molar-refractivity contribution in [2.75, 3.05) is 40.8 Å². The molecule has 1 fully saturated rings. The Morgan fingerprint density at radius 3 is 2.25 bits per heavy atom. The summed E-state index contributed by atoms with van der Waals surface area (Å²) in [6.07, 6.45) is 4.35. The second-order valence-corrected chi connectivity index (χ2v) is 6.08. The lowest BCUT2D eigenvalue weighted by Gasteiger charge is -2.23. The van der Waals surface area contributed by atoms with E-state index in [9.17, 15) is 9.59 Å². The molecule has 1 aliphatic rings. The number of nitrogens with one attached hydrogen (secondary N) is 1. The number of rotatable bonds is 9. The van der Waals surface area contributed by atoms with Crippen molar-refractivity contribution in [1.29, 1.82) is 0 Å². The van der Waals surface area contributed by atoms with Gasteiger partial charge in [-0.2, -0.15) is 0 Å². The van der Waals surface area contributed by atoms with Crippen molar-refractivity contribution in [2.24, 2.45) is 5.41 Å². The molecule has 1 saturated carbocycles. The Morgan fingerprint density at radius 1 is 1.10 bits per heavy atom. The van der Waals surface area contributed by atoms with Crippen molar-refractivity contribution in [1.82, 2.24) is 15.1 Å². The molecule has 5 heteroatoms. The first-order chi connectivity index (χ1) is 9.44. The molecule has 0 spiro atoms. The lowest BCUT2D eigenvalue weighted by molar-refractivity contribution is -0.143. The van der Waals surface area contributed by atoms with Gasteiger partial charge in [-0.1, -0.05) is 13.3 Å². The van der Waals surface area contributed by atoms with E-state index in [-0.39, 0.29) is 11.8 Å². The molecule has 0 aromatic rings. The Kier molecular flexibility index (Phi) is 6.46. The first-order valence-electron chi connectivity index (χ1n) is 7.62. The molecule has 0 atom stereocenters. The Labute approximate surface area is 122 Å². The van der Waals surface area contributed by atoms with Gasteiger partial charge < -0.3 is 15.1 Å². The number of nitrogens with zero attached hydrogens (tertiary/aromatic N) is 2. The molecular formula is C15H29N3O2. The highest BCUT2D eigenvalue weighted by Gasteiger charge is 2.57. The van der Waals surface area contributed by atoms with Gasteiger partial charge in [0.1, 0.15) is 5.41 Å². The molecule has 0 radical (unpaired) electrons. The van der Waals surface area contributed by atoms with Crippen LogP contribution in [0.25, 0.3) is 0 Å². The Bertz CT molecular complexity index is 338. The molecule has 0 bridgehead atoms. The molecule has 0 aliphatic heterocycles. The van der Waals surface area contributed by atoms with Gasteiger partial charge >= 0.3 is 0 Å². The molecule has 0 aromatic heterocycles. The summed E-state index contributed by atoms with van der Waals surface area (Å²) in [5.41, 5.74) is -0.749. The molecule has 116 valence electrons. The fraction of sp³-hybridized carbons (Fsp3) is 0.867. The molecule has 0 heterocycles. The molecule has 0 saturated heterocycles. The maximum atomic E-state index is 12.4. The average molecular weight is 283 g/mol. The lowest BCUT2D eigenvalue weighted by Crippen LogP contribution is -2.44. The summed E-state index contributed by atoms with van der Waals surface area (Å²) >= 11 is 0. The van der Waals surface area contributed by atoms with Gasteiger partial charge in [0.15, 0.2) is 0 Å². The van der Waals surface area contributed by atoms with Crippen LogP contribution < -0.4 is 5.32 Å². The summed E-state index contributed by atoms with van der Waals surface area (Å²) in [5, 5.41) is 2.92. The van der Waals surface area contributed by atoms with Gasteiger partial charge in [-0.15, -0.1) is 0 Å². The number of hydrogen-bond acceptors (Lipinski definition) is 3. The van der Waals surface area contributed by atoms with E-state index in [1.54, 1.807) is 11.9 Å². The fourth-order valence-corrected chi connectivity index (χ4v) is 2.29. The molecule has 1 aliphatic carbocycles. The summed E-state index contributed by atoms with van der Waals surface area (Å²) < 4.78 is 0. The van der Waals surface area contributed by atoms with Gasteiger partial charge in [0, 0.05) is 20.1 Å². The fourth-order valence-electron chi connectivity index (χ4n) is 2.29. The second kappa shape index (κ2) is 7.62. The number of unbranched alkanes of at least 4 members (excludes halogenated alkanes) is 1. The molecule has 2 amide bonds. The van der Waals surface area contributed by atoms with Crippen molar-refractivity contribution < 1.29 is 9.59 Å². The Hall–Kier alpha value is -1.10. The van der Waals surface area contributed by atoms with Crippen LogP contribution in [0.2, 0.25) is 0 Å². The summed E-state index contributed by atoms with van der Waals surface area (Å²) in [6, 6.07) is 0. The molecule has 0 unspecified atom stereocenters. The van der Waals surface area contributed by atoms with Crippen LogP contribution in [0.1, 0.15) is 39.0 Å². The minimum atomic E-state index is -0.749. The maximum absolute atomic E-state index is 12.4. The quantitative estimate of drug-likeness (QED) is 0.509. The van der Waals surface area contributed by atoms with E-state index in [0.29, 0.717) is 19.4 Å². The predicted octanol–water partition coefficient (Wildman–Crippen LogP) is 1.09. The summed E-state index contributed by atoms with van der Waals surface area (Å²) in [7, 11) is 5.82. The largest absolute Gasteiger partial charge is 0.355 e. The minimum absolute atomic E-state index is 0.00365. The summed E-state index contributed by atoms with van der Waals surface area (Å²) in [4.78, 5) is 28.4. The Morgan fingerprint density at radius 2 is 1.75 bits per heavy atom. The van der Waals surface area contributed by atoms with Crippen LogP contribution in [-0.2, 0) is 9.59 Å². The summed E-state index contributed by atoms with van der Waals surface area (Å²) in [6.45, 7) is 4.43. The third-order valence-electron chi connectivity index (χ3n) is 3.86. The zero-order valence-electron chi connectivity index (χ0n) is 13.4. The van der Waals surface area contributed by atoms with E-state index in [4.69, 9.17) is 0 Å². The normalized spacial score (nSPS) is 16.1. The highest BCUT2D eigenvalue weighted by atomic mass is 16.2. The van der Waals surface area contributed by atoms with Crippen molar-refractivity contribution in [3.63, 3.8) is 0 Å². The van der Waals surface area contributed by atoms with Gasteiger partial charge in [0.25, 0.3) is 0 Å². The van der Waals surface area contributed by atoms with E-state index in [1.165, 1.54) is 0 Å². The molecule has 1 N–H and O–H groups in total. The van der Waals surface area contributed by atoms with E-state index < -0.39 is 5.41 Å². The van der Waals surface area contributed by atoms with Crippen LogP contribution >= 0.6 is 0 Å². The first kappa shape index (κ1) is 17.0. The van der Waals surface area contributed by atoms with Gasteiger partial charge in [-0.3, -0.25) is 9.59 Å². The number of carbonyl (C=O) groups is 2. The third-order valence-corrected chi connectivity index (χ3v) is 3.86. The molecule has 1 rings (SSSR count). The minimum Gasteiger partial charge on any atom is -0.355 e. The van der Waals surface area contributed by atoms with E-state index >= 15 is 0 Å². The number of carbonyl (C=O) groups excluding carboxylic acids is 2. The topological polar surface area (TPSA) is 52.7 Å². The highest BCUT2D eigenvalue weighted by molar-refractivity contribution is 6.07. The highest BCUT2D eigenvalue weighted by Crippen LogP contribution is 2.47. The van der Waals surface area contributed by atoms with Crippen LogP contribution in [0.15, 0.2) is 0 Å². The maximum Gasteiger partial charge on any atom is 0.238 e. The zero-order chi connectivity index (χ0) is 15.2. The SMILES string of the molecule is CCCCN(C)C(=O)C1(C(=O)NCCCN(C)C)CC1. The van der Waals surface area contributed by atoms with Crippen molar-refractivity contribution >= 4 is 11.8 Å². The third kappa shape index (κ3) is 4.47. The van der Waals surface area contributed by atoms with Crippen LogP contribution in [-0.4, -0.2) is 62.4 Å². The zero-order valence-corrected chi connectivity index (χ0v) is 13.4. The molecular weight excluding hydrogens is 254 g/mol. The van der Waals surface area contributed by atoms with Gasteiger partial charge in [0.05, 0.1) is 0 Å². The van der Waals surface area contributed by atoms with Crippen molar-refractivity contribution in [3.8, 4) is 0 Å². The van der Waals surface area contributed by atoms with Gasteiger partial charge in [-0.05, 0) is 46.3 Å². The standard InChI is InChI=1S/C15H29N3O2/c1-5-6-12-18(4)14(20)15(8-9-15)13(19)16-10-7-11-17(2)3/h5-12H2,1-4H3,(H,16,19). The van der Waals surface area contributed by atoms with E-state index in [1.807, 2.05) is 14.1 Å².